The molecule has 1 amide bonds. The highest BCUT2D eigenvalue weighted by atomic mass is 19.4. The maximum Gasteiger partial charge on any atom is 0.418 e. The summed E-state index contributed by atoms with van der Waals surface area (Å²) in [4.78, 5) is 13.7. The number of carbonyl (C=O) groups excluding carboxylic acids is 1. The number of nitrogens with one attached hydrogen (secondary N) is 1. The summed E-state index contributed by atoms with van der Waals surface area (Å²) in [6, 6.07) is 7.46. The predicted octanol–water partition coefficient (Wildman–Crippen LogP) is 3.55. The first kappa shape index (κ1) is 20.4. The third kappa shape index (κ3) is 4.41. The molecule has 0 aliphatic heterocycles. The Kier molecular flexibility index (Phi) is 5.62. The van der Waals surface area contributed by atoms with Crippen molar-refractivity contribution in [1.82, 2.24) is 19.8 Å². The van der Waals surface area contributed by atoms with E-state index >= 15 is 0 Å². The highest BCUT2D eigenvalue weighted by molar-refractivity contribution is 5.94. The molecule has 2 heterocycles. The van der Waals surface area contributed by atoms with Crippen LogP contribution in [0.3, 0.4) is 0 Å². The van der Waals surface area contributed by atoms with Crippen LogP contribution >= 0.6 is 0 Å². The molecule has 0 radical (unpaired) electrons. The maximum absolute atomic E-state index is 13.1. The second-order valence-corrected chi connectivity index (χ2v) is 5.93. The van der Waals surface area contributed by atoms with E-state index in [0.29, 0.717) is 0 Å². The predicted molar refractivity (Wildman–Crippen MR) is 93.7 cm³/mol. The van der Waals surface area contributed by atoms with Gasteiger partial charge < -0.3 is 10.2 Å². The van der Waals surface area contributed by atoms with Gasteiger partial charge in [-0.15, -0.1) is 15.3 Å². The largest absolute Gasteiger partial charge is 0.418 e. The highest BCUT2D eigenvalue weighted by Gasteiger charge is 2.33. The number of nitrogens with zero attached hydrogens (tertiary/aromatic N) is 5. The number of fused-ring (bicyclic) bond motifs is 1. The van der Waals surface area contributed by atoms with E-state index in [0.717, 1.165) is 16.6 Å². The zero-order valence-electron chi connectivity index (χ0n) is 15.0. The third-order valence-corrected chi connectivity index (χ3v) is 4.01. The van der Waals surface area contributed by atoms with Gasteiger partial charge in [0.25, 0.3) is 6.43 Å². The molecule has 3 rings (SSSR count). The zero-order valence-corrected chi connectivity index (χ0v) is 15.0. The number of hydrogen-bond donors (Lipinski definition) is 1. The van der Waals surface area contributed by atoms with Gasteiger partial charge in [-0.2, -0.15) is 17.7 Å². The molecule has 0 fully saturated rings. The Bertz CT molecular complexity index is 1020. The quantitative estimate of drug-likeness (QED) is 0.625. The van der Waals surface area contributed by atoms with E-state index in [2.05, 4.69) is 20.6 Å². The normalized spacial score (nSPS) is 11.8. The van der Waals surface area contributed by atoms with Crippen LogP contribution in [0.2, 0.25) is 0 Å². The van der Waals surface area contributed by atoms with Gasteiger partial charge in [-0.3, -0.25) is 4.79 Å². The van der Waals surface area contributed by atoms with Crippen molar-refractivity contribution in [3.8, 4) is 0 Å². The van der Waals surface area contributed by atoms with E-state index in [1.165, 1.54) is 29.2 Å². The Balaban J connectivity index is 1.81. The molecule has 7 nitrogen and oxygen atoms in total. The molecule has 12 heteroatoms. The van der Waals surface area contributed by atoms with E-state index in [1.807, 2.05) is 0 Å². The SMILES string of the molecule is CCN(CC(=O)Nc1ccccc1C(F)(F)F)c1ccc2nnc(C(F)F)n2n1. The van der Waals surface area contributed by atoms with E-state index in [1.54, 1.807) is 6.92 Å². The first-order chi connectivity index (χ1) is 13.7. The van der Waals surface area contributed by atoms with Gasteiger partial charge in [-0.05, 0) is 31.2 Å². The monoisotopic (exact) mass is 414 g/mol. The first-order valence-corrected chi connectivity index (χ1v) is 8.42. The lowest BCUT2D eigenvalue weighted by Crippen LogP contribution is -2.34. The molecule has 0 aliphatic carbocycles. The van der Waals surface area contributed by atoms with Gasteiger partial charge in [0.05, 0.1) is 17.8 Å². The molecule has 0 spiro atoms. The molecule has 0 bridgehead atoms. The van der Waals surface area contributed by atoms with Crippen molar-refractivity contribution in [2.24, 2.45) is 0 Å². The summed E-state index contributed by atoms with van der Waals surface area (Å²) in [5.74, 6) is -1.20. The standard InChI is InChI=1S/C17H15F5N6O/c1-2-27(13-8-7-12-24-25-16(15(18)19)28(12)26-13)9-14(29)23-11-6-4-3-5-10(11)17(20,21)22/h3-8,15H,2,9H2,1H3,(H,23,29). The number of alkyl halides is 5. The third-order valence-electron chi connectivity index (χ3n) is 4.01. The van der Waals surface area contributed by atoms with Crippen LogP contribution in [0, 0.1) is 0 Å². The second-order valence-electron chi connectivity index (χ2n) is 5.93. The molecule has 3 aromatic rings. The lowest BCUT2D eigenvalue weighted by Gasteiger charge is -2.22. The van der Waals surface area contributed by atoms with Crippen LogP contribution < -0.4 is 10.2 Å². The van der Waals surface area contributed by atoms with Crippen LogP contribution in [0.1, 0.15) is 24.7 Å². The summed E-state index contributed by atoms with van der Waals surface area (Å²) in [7, 11) is 0. The van der Waals surface area contributed by atoms with Gasteiger partial charge in [0.1, 0.15) is 5.82 Å². The van der Waals surface area contributed by atoms with Crippen molar-refractivity contribution < 1.29 is 26.7 Å². The number of para-hydroxylation sites is 1. The van der Waals surface area contributed by atoms with Crippen molar-refractivity contribution in [1.29, 1.82) is 0 Å². The number of halogens is 5. The van der Waals surface area contributed by atoms with Crippen LogP contribution in [0.4, 0.5) is 33.5 Å². The Labute approximate surface area is 161 Å². The maximum atomic E-state index is 13.1. The van der Waals surface area contributed by atoms with E-state index in [-0.39, 0.29) is 30.2 Å². The molecule has 2 aromatic heterocycles. The highest BCUT2D eigenvalue weighted by Crippen LogP contribution is 2.34. The number of benzene rings is 1. The van der Waals surface area contributed by atoms with E-state index in [4.69, 9.17) is 0 Å². The minimum Gasteiger partial charge on any atom is -0.346 e. The minimum absolute atomic E-state index is 0.101. The molecule has 154 valence electrons. The molecule has 0 unspecified atom stereocenters. The molecule has 1 aromatic carbocycles. The van der Waals surface area contributed by atoms with Crippen LogP contribution in [-0.4, -0.2) is 38.8 Å². The number of anilines is 2. The number of aromatic nitrogens is 4. The Morgan fingerprint density at radius 2 is 1.90 bits per heavy atom. The van der Waals surface area contributed by atoms with E-state index in [9.17, 15) is 26.7 Å². The summed E-state index contributed by atoms with van der Waals surface area (Å²) in [5.41, 5.74) is -1.24. The Hall–Kier alpha value is -3.31. The van der Waals surface area contributed by atoms with Crippen LogP contribution in [0.25, 0.3) is 5.65 Å². The molecule has 1 N–H and O–H groups in total. The fraction of sp³-hybridized carbons (Fsp3) is 0.294. The summed E-state index contributed by atoms with van der Waals surface area (Å²) < 4.78 is 66.1. The van der Waals surface area contributed by atoms with Gasteiger partial charge in [0.2, 0.25) is 11.7 Å². The smallest absolute Gasteiger partial charge is 0.346 e. The molecule has 0 aliphatic rings. The van der Waals surface area contributed by atoms with Crippen molar-refractivity contribution in [2.75, 3.05) is 23.3 Å². The molecule has 0 saturated heterocycles. The van der Waals surface area contributed by atoms with Crippen LogP contribution in [-0.2, 0) is 11.0 Å². The first-order valence-electron chi connectivity index (χ1n) is 8.42. The lowest BCUT2D eigenvalue weighted by atomic mass is 10.1. The summed E-state index contributed by atoms with van der Waals surface area (Å²) in [5, 5.41) is 13.2. The molecule has 0 saturated carbocycles. The number of hydrogen-bond acceptors (Lipinski definition) is 5. The van der Waals surface area contributed by atoms with Gasteiger partial charge >= 0.3 is 6.18 Å². The number of carbonyl (C=O) groups is 1. The minimum atomic E-state index is -4.62. The summed E-state index contributed by atoms with van der Waals surface area (Å²) in [6.07, 6.45) is -7.52. The molecule has 29 heavy (non-hydrogen) atoms. The topological polar surface area (TPSA) is 75.4 Å². The fourth-order valence-corrected chi connectivity index (χ4v) is 2.66. The van der Waals surface area contributed by atoms with Crippen molar-refractivity contribution in [3.05, 3.63) is 47.8 Å². The molecular weight excluding hydrogens is 399 g/mol. The average Bonchev–Trinajstić information content (AvgIpc) is 3.09. The molecular formula is C17H15F5N6O. The summed E-state index contributed by atoms with van der Waals surface area (Å²) >= 11 is 0. The van der Waals surface area contributed by atoms with Gasteiger partial charge in [0.15, 0.2) is 5.65 Å². The van der Waals surface area contributed by atoms with Crippen molar-refractivity contribution in [2.45, 2.75) is 19.5 Å². The number of amides is 1. The van der Waals surface area contributed by atoms with Gasteiger partial charge in [0, 0.05) is 6.54 Å². The molecule has 0 atom stereocenters. The average molecular weight is 414 g/mol. The Morgan fingerprint density at radius 1 is 1.17 bits per heavy atom. The lowest BCUT2D eigenvalue weighted by molar-refractivity contribution is -0.137. The second kappa shape index (κ2) is 7.97. The van der Waals surface area contributed by atoms with E-state index < -0.39 is 29.9 Å². The van der Waals surface area contributed by atoms with Gasteiger partial charge in [-0.1, -0.05) is 12.1 Å². The zero-order chi connectivity index (χ0) is 21.2. The Morgan fingerprint density at radius 3 is 2.55 bits per heavy atom. The van der Waals surface area contributed by atoms with Crippen molar-refractivity contribution >= 4 is 23.1 Å². The van der Waals surface area contributed by atoms with Crippen LogP contribution in [0.5, 0.6) is 0 Å². The number of rotatable bonds is 6. The number of likely N-dealkylation sites (N-methyl/N-ethyl adjacent to an activating group) is 1. The fourth-order valence-electron chi connectivity index (χ4n) is 2.66. The van der Waals surface area contributed by atoms with Gasteiger partial charge in [-0.25, -0.2) is 8.78 Å². The van der Waals surface area contributed by atoms with Crippen LogP contribution in [0.15, 0.2) is 36.4 Å². The van der Waals surface area contributed by atoms with Crippen molar-refractivity contribution in [3.63, 3.8) is 0 Å². The summed E-state index contributed by atoms with van der Waals surface area (Å²) in [6.45, 7) is 1.59.